The van der Waals surface area contributed by atoms with Gasteiger partial charge in [0.05, 0.1) is 20.6 Å². The first kappa shape index (κ1) is 22.2. The highest BCUT2D eigenvalue weighted by Crippen LogP contribution is 2.30. The van der Waals surface area contributed by atoms with Crippen LogP contribution < -0.4 is 9.62 Å². The second kappa shape index (κ2) is 9.51. The molecule has 3 aromatic carbocycles. The van der Waals surface area contributed by atoms with E-state index in [1.807, 2.05) is 31.2 Å². The molecule has 30 heavy (non-hydrogen) atoms. The summed E-state index contributed by atoms with van der Waals surface area (Å²) < 4.78 is 27.5. The number of benzene rings is 3. The molecule has 1 amide bonds. The number of amides is 1. The Morgan fingerprint density at radius 2 is 1.60 bits per heavy atom. The topological polar surface area (TPSA) is 66.5 Å². The van der Waals surface area contributed by atoms with Crippen molar-refractivity contribution in [2.24, 2.45) is 0 Å². The highest BCUT2D eigenvalue weighted by molar-refractivity contribution is 7.92. The molecule has 0 bridgehead atoms. The van der Waals surface area contributed by atoms with E-state index in [1.54, 1.807) is 18.2 Å². The molecule has 0 aromatic heterocycles. The summed E-state index contributed by atoms with van der Waals surface area (Å²) in [5.41, 5.74) is 2.28. The number of nitrogens with zero attached hydrogens (tertiary/aromatic N) is 1. The van der Waals surface area contributed by atoms with Crippen molar-refractivity contribution in [1.82, 2.24) is 5.32 Å². The molecule has 0 radical (unpaired) electrons. The number of hydrogen-bond donors (Lipinski definition) is 1. The Hall–Kier alpha value is -2.54. The summed E-state index contributed by atoms with van der Waals surface area (Å²) in [6.45, 7) is 1.87. The lowest BCUT2D eigenvalue weighted by Crippen LogP contribution is -2.40. The van der Waals surface area contributed by atoms with Crippen molar-refractivity contribution >= 4 is 44.8 Å². The zero-order valence-electron chi connectivity index (χ0n) is 16.2. The molecule has 5 nitrogen and oxygen atoms in total. The molecule has 0 saturated carbocycles. The van der Waals surface area contributed by atoms with Crippen LogP contribution in [-0.4, -0.2) is 20.9 Å². The van der Waals surface area contributed by atoms with Crippen molar-refractivity contribution in [2.45, 2.75) is 18.4 Å². The van der Waals surface area contributed by atoms with Crippen LogP contribution in [0.4, 0.5) is 5.69 Å². The van der Waals surface area contributed by atoms with E-state index < -0.39 is 22.5 Å². The number of carbonyl (C=O) groups is 1. The predicted molar refractivity (Wildman–Crippen MR) is 120 cm³/mol. The van der Waals surface area contributed by atoms with E-state index in [1.165, 1.54) is 30.3 Å². The van der Waals surface area contributed by atoms with E-state index >= 15 is 0 Å². The highest BCUT2D eigenvalue weighted by atomic mass is 35.5. The number of anilines is 1. The van der Waals surface area contributed by atoms with Gasteiger partial charge in [-0.1, -0.05) is 71.2 Å². The van der Waals surface area contributed by atoms with E-state index in [2.05, 4.69) is 5.32 Å². The van der Waals surface area contributed by atoms with Gasteiger partial charge in [0.1, 0.15) is 6.54 Å². The number of carbonyl (C=O) groups excluding carboxylic acids is 1. The first-order valence-electron chi connectivity index (χ1n) is 9.12. The van der Waals surface area contributed by atoms with Gasteiger partial charge >= 0.3 is 0 Å². The molecule has 156 valence electrons. The van der Waals surface area contributed by atoms with Crippen molar-refractivity contribution in [1.29, 1.82) is 0 Å². The fourth-order valence-corrected chi connectivity index (χ4v) is 4.49. The molecule has 0 saturated heterocycles. The Labute approximate surface area is 186 Å². The SMILES string of the molecule is Cc1ccc(CNC(=O)CN(c2ccc(Cl)c(Cl)c2)S(=O)(=O)c2ccccc2)cc1. The maximum Gasteiger partial charge on any atom is 0.264 e. The van der Waals surface area contributed by atoms with Crippen LogP contribution in [0.5, 0.6) is 0 Å². The zero-order valence-corrected chi connectivity index (χ0v) is 18.5. The minimum absolute atomic E-state index is 0.0717. The van der Waals surface area contributed by atoms with E-state index in [4.69, 9.17) is 23.2 Å². The molecular formula is C22H20Cl2N2O3S. The lowest BCUT2D eigenvalue weighted by atomic mass is 10.1. The van der Waals surface area contributed by atoms with Crippen molar-refractivity contribution < 1.29 is 13.2 Å². The minimum Gasteiger partial charge on any atom is -0.350 e. The van der Waals surface area contributed by atoms with Crippen LogP contribution in [0.2, 0.25) is 10.0 Å². The molecule has 0 unspecified atom stereocenters. The standard InChI is InChI=1S/C22H20Cl2N2O3S/c1-16-7-9-17(10-8-16)14-25-22(27)15-26(18-11-12-20(23)21(24)13-18)30(28,29)19-5-3-2-4-6-19/h2-13H,14-15H2,1H3,(H,25,27). The molecule has 0 fully saturated rings. The molecule has 0 spiro atoms. The van der Waals surface area contributed by atoms with Crippen molar-refractivity contribution in [3.8, 4) is 0 Å². The first-order valence-corrected chi connectivity index (χ1v) is 11.3. The highest BCUT2D eigenvalue weighted by Gasteiger charge is 2.27. The lowest BCUT2D eigenvalue weighted by molar-refractivity contribution is -0.119. The van der Waals surface area contributed by atoms with Crippen LogP contribution in [0.25, 0.3) is 0 Å². The van der Waals surface area contributed by atoms with E-state index in [0.717, 1.165) is 15.4 Å². The number of rotatable bonds is 7. The summed E-state index contributed by atoms with van der Waals surface area (Å²) >= 11 is 12.1. The van der Waals surface area contributed by atoms with Crippen LogP contribution in [0.1, 0.15) is 11.1 Å². The van der Waals surface area contributed by atoms with Gasteiger partial charge in [-0.3, -0.25) is 9.10 Å². The second-order valence-electron chi connectivity index (χ2n) is 6.69. The monoisotopic (exact) mass is 462 g/mol. The Kier molecular flexibility index (Phi) is 7.02. The zero-order chi connectivity index (χ0) is 21.7. The predicted octanol–water partition coefficient (Wildman–Crippen LogP) is 4.81. The number of sulfonamides is 1. The van der Waals surface area contributed by atoms with E-state index in [0.29, 0.717) is 11.6 Å². The fourth-order valence-electron chi connectivity index (χ4n) is 2.77. The molecular weight excluding hydrogens is 443 g/mol. The summed E-state index contributed by atoms with van der Waals surface area (Å²) in [5, 5.41) is 3.25. The fraction of sp³-hybridized carbons (Fsp3) is 0.136. The maximum atomic E-state index is 13.2. The molecule has 0 aliphatic rings. The van der Waals surface area contributed by atoms with Gasteiger partial charge in [0.15, 0.2) is 0 Å². The Bertz CT molecular complexity index is 1130. The summed E-state index contributed by atoms with van der Waals surface area (Å²) in [6.07, 6.45) is 0. The average Bonchev–Trinajstić information content (AvgIpc) is 2.74. The summed E-state index contributed by atoms with van der Waals surface area (Å²) in [5.74, 6) is -0.443. The normalized spacial score (nSPS) is 11.2. The third-order valence-corrected chi connectivity index (χ3v) is 6.95. The van der Waals surface area contributed by atoms with Gasteiger partial charge in [-0.15, -0.1) is 0 Å². The van der Waals surface area contributed by atoms with Crippen LogP contribution in [-0.2, 0) is 21.4 Å². The molecule has 3 aromatic rings. The molecule has 0 heterocycles. The van der Waals surface area contributed by atoms with Gasteiger partial charge in [-0.05, 0) is 42.8 Å². The molecule has 1 N–H and O–H groups in total. The first-order chi connectivity index (χ1) is 14.3. The maximum absolute atomic E-state index is 13.2. The van der Waals surface area contributed by atoms with Gasteiger partial charge in [-0.2, -0.15) is 0 Å². The summed E-state index contributed by atoms with van der Waals surface area (Å²) in [6, 6.07) is 20.1. The Morgan fingerprint density at radius 1 is 0.933 bits per heavy atom. The number of hydrogen-bond acceptors (Lipinski definition) is 3. The van der Waals surface area contributed by atoms with Gasteiger partial charge in [0.25, 0.3) is 10.0 Å². The summed E-state index contributed by atoms with van der Waals surface area (Å²) in [4.78, 5) is 12.7. The van der Waals surface area contributed by atoms with Gasteiger partial charge in [0.2, 0.25) is 5.91 Å². The summed E-state index contributed by atoms with van der Waals surface area (Å²) in [7, 11) is -4.00. The van der Waals surface area contributed by atoms with Crippen molar-refractivity contribution in [2.75, 3.05) is 10.8 Å². The molecule has 8 heteroatoms. The van der Waals surface area contributed by atoms with Crippen LogP contribution >= 0.6 is 23.2 Å². The van der Waals surface area contributed by atoms with E-state index in [9.17, 15) is 13.2 Å². The minimum atomic E-state index is -4.00. The molecule has 0 aliphatic carbocycles. The van der Waals surface area contributed by atoms with Crippen LogP contribution in [0.15, 0.2) is 77.7 Å². The number of aryl methyl sites for hydroxylation is 1. The third kappa shape index (κ3) is 5.33. The third-order valence-electron chi connectivity index (χ3n) is 4.42. The van der Waals surface area contributed by atoms with Crippen LogP contribution in [0.3, 0.4) is 0 Å². The smallest absolute Gasteiger partial charge is 0.264 e. The van der Waals surface area contributed by atoms with Crippen LogP contribution in [0, 0.1) is 6.92 Å². The average molecular weight is 463 g/mol. The number of nitrogens with one attached hydrogen (secondary N) is 1. The van der Waals surface area contributed by atoms with Crippen molar-refractivity contribution in [3.63, 3.8) is 0 Å². The molecule has 3 rings (SSSR count). The van der Waals surface area contributed by atoms with Gasteiger partial charge in [-0.25, -0.2) is 8.42 Å². The largest absolute Gasteiger partial charge is 0.350 e. The number of halogens is 2. The molecule has 0 atom stereocenters. The quantitative estimate of drug-likeness (QED) is 0.547. The molecule has 0 aliphatic heterocycles. The second-order valence-corrected chi connectivity index (χ2v) is 9.36. The van der Waals surface area contributed by atoms with Crippen molar-refractivity contribution in [3.05, 3.63) is 94.0 Å². The Balaban J connectivity index is 1.86. The van der Waals surface area contributed by atoms with Gasteiger partial charge in [0, 0.05) is 6.54 Å². The van der Waals surface area contributed by atoms with Gasteiger partial charge < -0.3 is 5.32 Å². The lowest BCUT2D eigenvalue weighted by Gasteiger charge is -2.24. The van der Waals surface area contributed by atoms with E-state index in [-0.39, 0.29) is 15.6 Å². The Morgan fingerprint density at radius 3 is 2.23 bits per heavy atom.